The van der Waals surface area contributed by atoms with Crippen molar-refractivity contribution in [3.8, 4) is 0 Å². The van der Waals surface area contributed by atoms with Gasteiger partial charge in [0, 0.05) is 11.4 Å². The number of para-hydroxylation sites is 1. The van der Waals surface area contributed by atoms with Crippen LogP contribution in [0.3, 0.4) is 0 Å². The summed E-state index contributed by atoms with van der Waals surface area (Å²) in [5.74, 6) is -1.24. The van der Waals surface area contributed by atoms with E-state index in [-0.39, 0.29) is 18.5 Å². The van der Waals surface area contributed by atoms with Crippen LogP contribution in [0.5, 0.6) is 0 Å². The van der Waals surface area contributed by atoms with Gasteiger partial charge in [0.1, 0.15) is 18.4 Å². The summed E-state index contributed by atoms with van der Waals surface area (Å²) in [6.45, 7) is -0.261. The number of fused-ring (bicyclic) bond motifs is 1. The lowest BCUT2D eigenvalue weighted by Gasteiger charge is -2.27. The molecule has 0 atom stereocenters. The molecule has 5 heteroatoms. The van der Waals surface area contributed by atoms with E-state index in [1.54, 1.807) is 6.07 Å². The number of hydrogen-bond acceptors (Lipinski definition) is 3. The Labute approximate surface area is 122 Å². The van der Waals surface area contributed by atoms with Gasteiger partial charge in [-0.3, -0.25) is 9.59 Å². The third-order valence-electron chi connectivity index (χ3n) is 4.04. The first-order valence-corrected chi connectivity index (χ1v) is 7.16. The first kappa shape index (κ1) is 13.7. The number of amides is 1. The smallest absolute Gasteiger partial charge is 0.323 e. The Hall–Kier alpha value is -2.30. The molecule has 0 unspecified atom stereocenters. The predicted molar refractivity (Wildman–Crippen MR) is 77.1 cm³/mol. The van der Waals surface area contributed by atoms with Crippen LogP contribution in [-0.2, 0) is 4.79 Å². The van der Waals surface area contributed by atoms with E-state index >= 15 is 0 Å². The number of rotatable bonds is 4. The van der Waals surface area contributed by atoms with Crippen LogP contribution < -0.4 is 0 Å². The van der Waals surface area contributed by atoms with E-state index in [0.717, 1.165) is 31.1 Å². The van der Waals surface area contributed by atoms with Crippen molar-refractivity contribution >= 4 is 22.8 Å². The molecule has 1 saturated carbocycles. The van der Waals surface area contributed by atoms with Gasteiger partial charge in [0.2, 0.25) is 0 Å². The van der Waals surface area contributed by atoms with Gasteiger partial charge in [-0.05, 0) is 18.9 Å². The zero-order chi connectivity index (χ0) is 14.8. The molecule has 1 fully saturated rings. The van der Waals surface area contributed by atoms with Crippen LogP contribution in [0.1, 0.15) is 36.0 Å². The molecule has 0 spiro atoms. The average Bonchev–Trinajstić information content (AvgIpc) is 3.13. The van der Waals surface area contributed by atoms with Crippen LogP contribution in [0.25, 0.3) is 11.0 Å². The summed E-state index contributed by atoms with van der Waals surface area (Å²) in [7, 11) is 0. The molecule has 1 N–H and O–H groups in total. The number of carbonyl (C=O) groups is 2. The van der Waals surface area contributed by atoms with Crippen molar-refractivity contribution in [3.05, 3.63) is 36.1 Å². The standard InChI is InChI=1S/C16H17NO4/c18-15(19)9-17(11-5-1-2-6-11)16(20)13-10-21-14-8-4-3-7-12(13)14/h3-4,7-8,10-11H,1-2,5-6,9H2,(H,18,19). The molecule has 1 aliphatic rings. The Morgan fingerprint density at radius 3 is 2.67 bits per heavy atom. The monoisotopic (exact) mass is 287 g/mol. The first-order chi connectivity index (χ1) is 10.2. The Kier molecular flexibility index (Phi) is 3.64. The van der Waals surface area contributed by atoms with Gasteiger partial charge in [-0.25, -0.2) is 0 Å². The summed E-state index contributed by atoms with van der Waals surface area (Å²) in [5.41, 5.74) is 1.08. The highest BCUT2D eigenvalue weighted by Crippen LogP contribution is 2.27. The highest BCUT2D eigenvalue weighted by atomic mass is 16.4. The Morgan fingerprint density at radius 2 is 1.95 bits per heavy atom. The van der Waals surface area contributed by atoms with Gasteiger partial charge in [-0.2, -0.15) is 0 Å². The molecule has 1 aliphatic carbocycles. The molecule has 5 nitrogen and oxygen atoms in total. The molecule has 21 heavy (non-hydrogen) atoms. The van der Waals surface area contributed by atoms with Gasteiger partial charge in [0.25, 0.3) is 5.91 Å². The van der Waals surface area contributed by atoms with Crippen LogP contribution in [-0.4, -0.2) is 34.5 Å². The minimum Gasteiger partial charge on any atom is -0.480 e. The lowest BCUT2D eigenvalue weighted by molar-refractivity contribution is -0.138. The van der Waals surface area contributed by atoms with E-state index in [4.69, 9.17) is 9.52 Å². The molecular weight excluding hydrogens is 270 g/mol. The van der Waals surface area contributed by atoms with Gasteiger partial charge in [-0.15, -0.1) is 0 Å². The second kappa shape index (κ2) is 5.60. The highest BCUT2D eigenvalue weighted by molar-refractivity contribution is 6.06. The van der Waals surface area contributed by atoms with E-state index in [9.17, 15) is 9.59 Å². The van der Waals surface area contributed by atoms with Gasteiger partial charge in [0.05, 0.1) is 5.56 Å². The maximum Gasteiger partial charge on any atom is 0.323 e. The molecule has 2 aromatic rings. The number of benzene rings is 1. The lowest BCUT2D eigenvalue weighted by Crippen LogP contribution is -2.42. The fourth-order valence-corrected chi connectivity index (χ4v) is 3.03. The Bertz CT molecular complexity index is 670. The van der Waals surface area contributed by atoms with E-state index < -0.39 is 5.97 Å². The normalized spacial score (nSPS) is 15.4. The van der Waals surface area contributed by atoms with Crippen LogP contribution in [0.2, 0.25) is 0 Å². The third kappa shape index (κ3) is 2.63. The van der Waals surface area contributed by atoms with Crippen LogP contribution >= 0.6 is 0 Å². The molecule has 0 bridgehead atoms. The second-order valence-corrected chi connectivity index (χ2v) is 5.41. The highest BCUT2D eigenvalue weighted by Gasteiger charge is 2.30. The number of carbonyl (C=O) groups excluding carboxylic acids is 1. The molecule has 0 saturated heterocycles. The minimum absolute atomic E-state index is 0.0160. The summed E-state index contributed by atoms with van der Waals surface area (Å²) < 4.78 is 5.39. The Balaban J connectivity index is 1.94. The van der Waals surface area contributed by atoms with Crippen molar-refractivity contribution in [2.75, 3.05) is 6.54 Å². The van der Waals surface area contributed by atoms with E-state index in [1.165, 1.54) is 11.2 Å². The Morgan fingerprint density at radius 1 is 1.24 bits per heavy atom. The number of furan rings is 1. The molecule has 1 heterocycles. The SMILES string of the molecule is O=C(O)CN(C(=O)c1coc2ccccc12)C1CCCC1. The zero-order valence-corrected chi connectivity index (χ0v) is 11.6. The van der Waals surface area contributed by atoms with E-state index in [2.05, 4.69) is 0 Å². The molecule has 0 radical (unpaired) electrons. The molecule has 1 amide bonds. The summed E-state index contributed by atoms with van der Waals surface area (Å²) in [5, 5.41) is 9.82. The second-order valence-electron chi connectivity index (χ2n) is 5.41. The maximum absolute atomic E-state index is 12.7. The summed E-state index contributed by atoms with van der Waals surface area (Å²) >= 11 is 0. The first-order valence-electron chi connectivity index (χ1n) is 7.16. The number of hydrogen-bond donors (Lipinski definition) is 1. The molecule has 110 valence electrons. The van der Waals surface area contributed by atoms with Gasteiger partial charge in [-0.1, -0.05) is 31.0 Å². The fraction of sp³-hybridized carbons (Fsp3) is 0.375. The van der Waals surface area contributed by atoms with Crippen molar-refractivity contribution in [2.24, 2.45) is 0 Å². The quantitative estimate of drug-likeness (QED) is 0.938. The molecule has 3 rings (SSSR count). The number of carboxylic acid groups (broad SMARTS) is 1. The van der Waals surface area contributed by atoms with Crippen LogP contribution in [0.15, 0.2) is 34.9 Å². The van der Waals surface area contributed by atoms with Crippen molar-refractivity contribution in [2.45, 2.75) is 31.7 Å². The van der Waals surface area contributed by atoms with Crippen LogP contribution in [0.4, 0.5) is 0 Å². The summed E-state index contributed by atoms with van der Waals surface area (Å²) in [4.78, 5) is 25.3. The lowest BCUT2D eigenvalue weighted by atomic mass is 10.1. The minimum atomic E-state index is -0.983. The van der Waals surface area contributed by atoms with E-state index in [1.807, 2.05) is 18.2 Å². The number of nitrogens with zero attached hydrogens (tertiary/aromatic N) is 1. The average molecular weight is 287 g/mol. The van der Waals surface area contributed by atoms with Gasteiger partial charge < -0.3 is 14.4 Å². The third-order valence-corrected chi connectivity index (χ3v) is 4.04. The van der Waals surface area contributed by atoms with Crippen molar-refractivity contribution < 1.29 is 19.1 Å². The number of carboxylic acids is 1. The van der Waals surface area contributed by atoms with Crippen molar-refractivity contribution in [3.63, 3.8) is 0 Å². The largest absolute Gasteiger partial charge is 0.480 e. The van der Waals surface area contributed by atoms with Crippen LogP contribution in [0, 0.1) is 0 Å². The predicted octanol–water partition coefficient (Wildman–Crippen LogP) is 2.90. The maximum atomic E-state index is 12.7. The molecule has 1 aromatic carbocycles. The fourth-order valence-electron chi connectivity index (χ4n) is 3.03. The van der Waals surface area contributed by atoms with E-state index in [0.29, 0.717) is 11.1 Å². The van der Waals surface area contributed by atoms with Crippen molar-refractivity contribution in [1.82, 2.24) is 4.90 Å². The molecule has 1 aromatic heterocycles. The molecular formula is C16H17NO4. The summed E-state index contributed by atoms with van der Waals surface area (Å²) in [6.07, 6.45) is 5.25. The summed E-state index contributed by atoms with van der Waals surface area (Å²) in [6, 6.07) is 7.31. The van der Waals surface area contributed by atoms with Crippen molar-refractivity contribution in [1.29, 1.82) is 0 Å². The van der Waals surface area contributed by atoms with Gasteiger partial charge in [0.15, 0.2) is 0 Å². The zero-order valence-electron chi connectivity index (χ0n) is 11.6. The molecule has 0 aliphatic heterocycles. The van der Waals surface area contributed by atoms with Gasteiger partial charge >= 0.3 is 5.97 Å². The number of aliphatic carboxylic acids is 1. The topological polar surface area (TPSA) is 70.8 Å².